The number of nitrogens with two attached hydrogens (primary N) is 1. The van der Waals surface area contributed by atoms with Crippen LogP contribution in [-0.4, -0.2) is 24.5 Å². The third-order valence-corrected chi connectivity index (χ3v) is 3.43. The summed E-state index contributed by atoms with van der Waals surface area (Å²) < 4.78 is 1.98. The standard InChI is InChI=1S/C15H19N7/c1-9(2)22-8-19-12-13(20-15(16)21-14(12)22)18-7-11-5-4-10(3)17-6-11/h4-6,8-9H,7H2,1-3H3,(H3,16,18,20,21). The van der Waals surface area contributed by atoms with Crippen LogP contribution >= 0.6 is 0 Å². The van der Waals surface area contributed by atoms with E-state index in [9.17, 15) is 0 Å². The molecule has 3 rings (SSSR count). The van der Waals surface area contributed by atoms with Gasteiger partial charge in [-0.25, -0.2) is 4.98 Å². The van der Waals surface area contributed by atoms with Crippen molar-refractivity contribution < 1.29 is 0 Å². The van der Waals surface area contributed by atoms with E-state index in [1.165, 1.54) is 0 Å². The molecule has 0 aliphatic heterocycles. The van der Waals surface area contributed by atoms with Gasteiger partial charge in [-0.2, -0.15) is 9.97 Å². The average Bonchev–Trinajstić information content (AvgIpc) is 2.90. The number of hydrogen-bond acceptors (Lipinski definition) is 6. The van der Waals surface area contributed by atoms with Crippen LogP contribution in [0.2, 0.25) is 0 Å². The quantitative estimate of drug-likeness (QED) is 0.767. The van der Waals surface area contributed by atoms with Gasteiger partial charge in [-0.05, 0) is 32.4 Å². The van der Waals surface area contributed by atoms with Gasteiger partial charge in [0.05, 0.1) is 6.33 Å². The summed E-state index contributed by atoms with van der Waals surface area (Å²) in [5, 5.41) is 3.27. The molecule has 3 aromatic heterocycles. The zero-order valence-corrected chi connectivity index (χ0v) is 12.9. The molecule has 22 heavy (non-hydrogen) atoms. The van der Waals surface area contributed by atoms with Crippen molar-refractivity contribution in [1.29, 1.82) is 0 Å². The van der Waals surface area contributed by atoms with Gasteiger partial charge in [-0.15, -0.1) is 0 Å². The van der Waals surface area contributed by atoms with Crippen molar-refractivity contribution in [2.75, 3.05) is 11.1 Å². The van der Waals surface area contributed by atoms with E-state index in [0.717, 1.165) is 22.4 Å². The fourth-order valence-corrected chi connectivity index (χ4v) is 2.22. The SMILES string of the molecule is Cc1ccc(CNc2nc(N)nc3c2ncn3C(C)C)cn1. The van der Waals surface area contributed by atoms with Gasteiger partial charge < -0.3 is 15.6 Å². The van der Waals surface area contributed by atoms with E-state index >= 15 is 0 Å². The molecular formula is C15H19N7. The van der Waals surface area contributed by atoms with Crippen molar-refractivity contribution >= 4 is 22.9 Å². The summed E-state index contributed by atoms with van der Waals surface area (Å²) in [7, 11) is 0. The fraction of sp³-hybridized carbons (Fsp3) is 0.333. The number of nitrogen functional groups attached to an aromatic ring is 1. The Hall–Kier alpha value is -2.70. The smallest absolute Gasteiger partial charge is 0.224 e. The van der Waals surface area contributed by atoms with E-state index in [4.69, 9.17) is 5.73 Å². The molecule has 0 aromatic carbocycles. The minimum Gasteiger partial charge on any atom is -0.368 e. The molecule has 7 heteroatoms. The number of hydrogen-bond donors (Lipinski definition) is 2. The lowest BCUT2D eigenvalue weighted by molar-refractivity contribution is 0.613. The van der Waals surface area contributed by atoms with Crippen LogP contribution in [0.25, 0.3) is 11.2 Å². The number of anilines is 2. The highest BCUT2D eigenvalue weighted by molar-refractivity contribution is 5.84. The van der Waals surface area contributed by atoms with Gasteiger partial charge in [-0.3, -0.25) is 4.98 Å². The molecule has 0 aliphatic carbocycles. The van der Waals surface area contributed by atoms with Gasteiger partial charge in [0.1, 0.15) is 0 Å². The largest absolute Gasteiger partial charge is 0.368 e. The van der Waals surface area contributed by atoms with Gasteiger partial charge >= 0.3 is 0 Å². The molecule has 0 aliphatic rings. The second-order valence-electron chi connectivity index (χ2n) is 5.51. The van der Waals surface area contributed by atoms with Gasteiger partial charge in [-0.1, -0.05) is 6.07 Å². The number of aromatic nitrogens is 5. The molecule has 3 heterocycles. The number of nitrogens with zero attached hydrogens (tertiary/aromatic N) is 5. The molecule has 0 radical (unpaired) electrons. The summed E-state index contributed by atoms with van der Waals surface area (Å²) in [5.41, 5.74) is 9.36. The number of rotatable bonds is 4. The maximum atomic E-state index is 5.83. The summed E-state index contributed by atoms with van der Waals surface area (Å²) in [4.78, 5) is 17.3. The predicted octanol–water partition coefficient (Wildman–Crippen LogP) is 2.30. The Bertz CT molecular complexity index is 790. The molecule has 0 bridgehead atoms. The fourth-order valence-electron chi connectivity index (χ4n) is 2.22. The first-order valence-corrected chi connectivity index (χ1v) is 7.20. The van der Waals surface area contributed by atoms with Crippen molar-refractivity contribution in [2.45, 2.75) is 33.4 Å². The zero-order valence-electron chi connectivity index (χ0n) is 12.9. The molecule has 3 aromatic rings. The Balaban J connectivity index is 1.91. The first-order valence-electron chi connectivity index (χ1n) is 7.20. The first-order chi connectivity index (χ1) is 10.5. The minimum absolute atomic E-state index is 0.236. The number of imidazole rings is 1. The van der Waals surface area contributed by atoms with E-state index in [-0.39, 0.29) is 12.0 Å². The van der Waals surface area contributed by atoms with Crippen LogP contribution in [0.5, 0.6) is 0 Å². The molecule has 114 valence electrons. The number of nitrogens with one attached hydrogen (secondary N) is 1. The van der Waals surface area contributed by atoms with Crippen LogP contribution in [0, 0.1) is 6.92 Å². The van der Waals surface area contributed by atoms with Crippen LogP contribution in [0.3, 0.4) is 0 Å². The van der Waals surface area contributed by atoms with E-state index in [1.54, 1.807) is 6.33 Å². The van der Waals surface area contributed by atoms with E-state index in [2.05, 4.69) is 39.1 Å². The number of fused-ring (bicyclic) bond motifs is 1. The van der Waals surface area contributed by atoms with E-state index in [0.29, 0.717) is 12.4 Å². The summed E-state index contributed by atoms with van der Waals surface area (Å²) in [6.07, 6.45) is 3.61. The monoisotopic (exact) mass is 297 g/mol. The summed E-state index contributed by atoms with van der Waals surface area (Å²) >= 11 is 0. The highest BCUT2D eigenvalue weighted by atomic mass is 15.2. The lowest BCUT2D eigenvalue weighted by Crippen LogP contribution is -2.07. The highest BCUT2D eigenvalue weighted by Crippen LogP contribution is 2.22. The molecule has 0 saturated carbocycles. The molecule has 0 fully saturated rings. The van der Waals surface area contributed by atoms with E-state index in [1.807, 2.05) is 29.8 Å². The van der Waals surface area contributed by atoms with Crippen molar-refractivity contribution in [2.24, 2.45) is 0 Å². The van der Waals surface area contributed by atoms with E-state index < -0.39 is 0 Å². The molecule has 0 atom stereocenters. The molecule has 0 amide bonds. The summed E-state index contributed by atoms with van der Waals surface area (Å²) in [6.45, 7) is 6.72. The average molecular weight is 297 g/mol. The maximum absolute atomic E-state index is 5.83. The molecule has 0 spiro atoms. The molecule has 7 nitrogen and oxygen atoms in total. The third-order valence-electron chi connectivity index (χ3n) is 3.43. The van der Waals surface area contributed by atoms with Gasteiger partial charge in [0.2, 0.25) is 5.95 Å². The second kappa shape index (κ2) is 5.59. The van der Waals surface area contributed by atoms with Crippen LogP contribution in [0.4, 0.5) is 11.8 Å². The van der Waals surface area contributed by atoms with Crippen LogP contribution in [0.1, 0.15) is 31.1 Å². The Labute approximate surface area is 128 Å². The lowest BCUT2D eigenvalue weighted by Gasteiger charge is -2.09. The maximum Gasteiger partial charge on any atom is 0.224 e. The Kier molecular flexibility index (Phi) is 3.62. The van der Waals surface area contributed by atoms with Gasteiger partial charge in [0.15, 0.2) is 17.0 Å². The van der Waals surface area contributed by atoms with Crippen LogP contribution < -0.4 is 11.1 Å². The molecule has 0 saturated heterocycles. The summed E-state index contributed by atoms with van der Waals surface area (Å²) in [5.74, 6) is 0.877. The van der Waals surface area contributed by atoms with Gasteiger partial charge in [0, 0.05) is 24.5 Å². The Morgan fingerprint density at radius 2 is 2.05 bits per heavy atom. The van der Waals surface area contributed by atoms with Gasteiger partial charge in [0.25, 0.3) is 0 Å². The zero-order chi connectivity index (χ0) is 15.7. The van der Waals surface area contributed by atoms with Crippen LogP contribution in [0.15, 0.2) is 24.7 Å². The predicted molar refractivity (Wildman–Crippen MR) is 86.4 cm³/mol. The Morgan fingerprint density at radius 1 is 1.23 bits per heavy atom. The highest BCUT2D eigenvalue weighted by Gasteiger charge is 2.13. The number of aryl methyl sites for hydroxylation is 1. The first kappa shape index (κ1) is 14.2. The number of pyridine rings is 1. The van der Waals surface area contributed by atoms with Crippen LogP contribution in [-0.2, 0) is 6.54 Å². The topological polar surface area (TPSA) is 94.5 Å². The third kappa shape index (κ3) is 2.69. The molecule has 0 unspecified atom stereocenters. The van der Waals surface area contributed by atoms with Crippen molar-refractivity contribution in [3.63, 3.8) is 0 Å². The Morgan fingerprint density at radius 3 is 2.73 bits per heavy atom. The van der Waals surface area contributed by atoms with Crippen molar-refractivity contribution in [3.05, 3.63) is 35.9 Å². The normalized spacial score (nSPS) is 11.3. The van der Waals surface area contributed by atoms with Crippen molar-refractivity contribution in [1.82, 2.24) is 24.5 Å². The molecular weight excluding hydrogens is 278 g/mol. The lowest BCUT2D eigenvalue weighted by atomic mass is 10.2. The minimum atomic E-state index is 0.236. The second-order valence-corrected chi connectivity index (χ2v) is 5.51. The summed E-state index contributed by atoms with van der Waals surface area (Å²) in [6, 6.07) is 4.27. The molecule has 3 N–H and O–H groups in total. The van der Waals surface area contributed by atoms with Crippen molar-refractivity contribution in [3.8, 4) is 0 Å².